The van der Waals surface area contributed by atoms with Crippen molar-refractivity contribution in [3.05, 3.63) is 83.1 Å². The molecule has 1 saturated heterocycles. The van der Waals surface area contributed by atoms with Crippen molar-refractivity contribution in [3.8, 4) is 11.3 Å². The number of carbonyl (C=O) groups is 1. The summed E-state index contributed by atoms with van der Waals surface area (Å²) in [5, 5.41) is 4.66. The van der Waals surface area contributed by atoms with Gasteiger partial charge in [0, 0.05) is 29.6 Å². The highest BCUT2D eigenvalue weighted by molar-refractivity contribution is 5.83. The number of aromatic nitrogens is 2. The summed E-state index contributed by atoms with van der Waals surface area (Å²) in [7, 11) is 0. The number of ether oxygens (including phenoxy) is 1. The van der Waals surface area contributed by atoms with Crippen LogP contribution in [0.5, 0.6) is 0 Å². The lowest BCUT2D eigenvalue weighted by Gasteiger charge is -2.17. The highest BCUT2D eigenvalue weighted by Gasteiger charge is 2.30. The van der Waals surface area contributed by atoms with Gasteiger partial charge in [-0.2, -0.15) is 18.3 Å². The minimum Gasteiger partial charge on any atom is -0.398 e. The first kappa shape index (κ1) is 28.1. The van der Waals surface area contributed by atoms with E-state index in [4.69, 9.17) is 10.5 Å². The van der Waals surface area contributed by atoms with Gasteiger partial charge in [0.05, 0.1) is 49.3 Å². The maximum atomic E-state index is 12.5. The number of nitrogens with two attached hydrogens (primary N) is 1. The van der Waals surface area contributed by atoms with E-state index in [0.717, 1.165) is 56.8 Å². The van der Waals surface area contributed by atoms with Crippen molar-refractivity contribution in [3.63, 3.8) is 0 Å². The van der Waals surface area contributed by atoms with Crippen molar-refractivity contribution < 1.29 is 22.7 Å². The maximum Gasteiger partial charge on any atom is 0.416 e. The molecule has 2 N–H and O–H groups in total. The third-order valence-corrected chi connectivity index (χ3v) is 6.83. The number of hydrogen-bond donors (Lipinski definition) is 1. The molecule has 0 spiro atoms. The van der Waals surface area contributed by atoms with Crippen LogP contribution in [-0.2, 0) is 28.9 Å². The molecule has 2 aliphatic heterocycles. The van der Waals surface area contributed by atoms with E-state index in [-0.39, 0.29) is 6.04 Å². The number of hydrogen-bond acceptors (Lipinski definition) is 5. The number of nitrogens with zero attached hydrogens (tertiary/aromatic N) is 4. The Morgan fingerprint density at radius 2 is 1.90 bits per heavy atom. The minimum absolute atomic E-state index is 0.115. The number of likely N-dealkylation sites (tertiary alicyclic amines) is 1. The van der Waals surface area contributed by atoms with Gasteiger partial charge in [-0.05, 0) is 43.5 Å². The molecule has 7 nitrogen and oxygen atoms in total. The van der Waals surface area contributed by atoms with E-state index in [1.165, 1.54) is 35.2 Å². The molecule has 1 fully saturated rings. The van der Waals surface area contributed by atoms with E-state index in [2.05, 4.69) is 33.8 Å². The second kappa shape index (κ2) is 12.8. The van der Waals surface area contributed by atoms with Crippen molar-refractivity contribution in [2.24, 2.45) is 10.7 Å². The Kier molecular flexibility index (Phi) is 9.19. The van der Waals surface area contributed by atoms with E-state index < -0.39 is 11.7 Å². The fraction of sp³-hybridized carbons (Fsp3) is 0.345. The van der Waals surface area contributed by atoms with Gasteiger partial charge in [0.15, 0.2) is 0 Å². The van der Waals surface area contributed by atoms with Gasteiger partial charge in [0.2, 0.25) is 6.41 Å². The quantitative estimate of drug-likeness (QED) is 0.350. The molecular weight excluding hydrogens is 507 g/mol. The van der Waals surface area contributed by atoms with Crippen LogP contribution in [0.3, 0.4) is 0 Å². The highest BCUT2D eigenvalue weighted by atomic mass is 19.4. The third kappa shape index (κ3) is 7.14. The van der Waals surface area contributed by atoms with Gasteiger partial charge < -0.3 is 15.4 Å². The smallest absolute Gasteiger partial charge is 0.398 e. The number of fused-ring (bicyclic) bond motifs is 1. The summed E-state index contributed by atoms with van der Waals surface area (Å²) in [6.45, 7) is 5.69. The van der Waals surface area contributed by atoms with Crippen LogP contribution in [0.25, 0.3) is 17.0 Å². The summed E-state index contributed by atoms with van der Waals surface area (Å²) in [6, 6.07) is 15.1. The predicted molar refractivity (Wildman–Crippen MR) is 145 cm³/mol. The van der Waals surface area contributed by atoms with Crippen molar-refractivity contribution >= 4 is 18.3 Å². The molecule has 1 aromatic heterocycles. The Morgan fingerprint density at radius 1 is 1.15 bits per heavy atom. The zero-order valence-corrected chi connectivity index (χ0v) is 21.8. The molecule has 2 aromatic carbocycles. The van der Waals surface area contributed by atoms with Gasteiger partial charge in [-0.1, -0.05) is 42.5 Å². The van der Waals surface area contributed by atoms with Gasteiger partial charge >= 0.3 is 6.18 Å². The topological polar surface area (TPSA) is 85.7 Å². The highest BCUT2D eigenvalue weighted by Crippen LogP contribution is 2.29. The Hall–Kier alpha value is -3.92. The van der Waals surface area contributed by atoms with Crippen LogP contribution < -0.4 is 5.73 Å². The molecule has 3 aromatic rings. The van der Waals surface area contributed by atoms with Crippen LogP contribution in [0.15, 0.2) is 65.7 Å². The number of allylic oxidation sites excluding steroid dienone is 1. The summed E-state index contributed by atoms with van der Waals surface area (Å²) in [4.78, 5) is 16.7. The molecule has 5 rings (SSSR count). The average molecular weight is 540 g/mol. The molecular formula is C29H32F3N5O2. The van der Waals surface area contributed by atoms with E-state index in [1.807, 2.05) is 18.2 Å². The summed E-state index contributed by atoms with van der Waals surface area (Å²) in [6.07, 6.45) is 1.44. The average Bonchev–Trinajstić information content (AvgIpc) is 3.55. The van der Waals surface area contributed by atoms with Crippen LogP contribution in [-0.4, -0.2) is 53.0 Å². The second-order valence-corrected chi connectivity index (χ2v) is 9.41. The standard InChI is InChI=1S/C16H18F3N3O.C13H14N2O/c17-16(18,19)13-5-3-12(4-6-13)15(20)7-8-21-10-14-2-1-9-22(14)11-23;1-10-12-9-16-8-7-15(12)14-13(10)11-5-3-2-4-6-11/h3-8,11,14H,1-2,9-10,20H2;2-6H,7-9H2,1H3/b15-7-,21-8?;/t14-;/m0./s1. The molecule has 0 radical (unpaired) electrons. The number of amides is 1. The molecule has 0 unspecified atom stereocenters. The van der Waals surface area contributed by atoms with Crippen LogP contribution >= 0.6 is 0 Å². The van der Waals surface area contributed by atoms with Crippen molar-refractivity contribution in [1.29, 1.82) is 0 Å². The summed E-state index contributed by atoms with van der Waals surface area (Å²) >= 11 is 0. The Morgan fingerprint density at radius 3 is 2.56 bits per heavy atom. The monoisotopic (exact) mass is 539 g/mol. The Labute approximate surface area is 225 Å². The van der Waals surface area contributed by atoms with E-state index in [0.29, 0.717) is 24.4 Å². The number of halogens is 3. The van der Waals surface area contributed by atoms with Crippen LogP contribution in [0.2, 0.25) is 0 Å². The van der Waals surface area contributed by atoms with Gasteiger partial charge in [-0.15, -0.1) is 0 Å². The van der Waals surface area contributed by atoms with E-state index in [9.17, 15) is 18.0 Å². The Bertz CT molecular complexity index is 1300. The van der Waals surface area contributed by atoms with Gasteiger partial charge in [0.1, 0.15) is 0 Å². The van der Waals surface area contributed by atoms with Gasteiger partial charge in [-0.3, -0.25) is 14.5 Å². The molecule has 3 heterocycles. The molecule has 1 atom stereocenters. The van der Waals surface area contributed by atoms with Crippen LogP contribution in [0.1, 0.15) is 35.2 Å². The number of benzene rings is 2. The molecule has 206 valence electrons. The SMILES string of the molecule is Cc1c(-c2ccccc2)nn2c1COCC2.N/C(=C\C=NC[C@@H]1CCCN1C=O)c1ccc(C(F)(F)F)cc1. The lowest BCUT2D eigenvalue weighted by Crippen LogP contribution is -2.30. The van der Waals surface area contributed by atoms with Gasteiger partial charge in [0.25, 0.3) is 0 Å². The fourth-order valence-electron chi connectivity index (χ4n) is 4.60. The lowest BCUT2D eigenvalue weighted by molar-refractivity contribution is -0.137. The first-order valence-corrected chi connectivity index (χ1v) is 12.8. The van der Waals surface area contributed by atoms with E-state index >= 15 is 0 Å². The van der Waals surface area contributed by atoms with Crippen LogP contribution in [0.4, 0.5) is 13.2 Å². The maximum absolute atomic E-state index is 12.5. The number of alkyl halides is 3. The largest absolute Gasteiger partial charge is 0.416 e. The van der Waals surface area contributed by atoms with Crippen molar-refractivity contribution in [1.82, 2.24) is 14.7 Å². The molecule has 1 amide bonds. The third-order valence-electron chi connectivity index (χ3n) is 6.83. The van der Waals surface area contributed by atoms with E-state index in [1.54, 1.807) is 11.0 Å². The normalized spacial score (nSPS) is 17.6. The lowest BCUT2D eigenvalue weighted by atomic mass is 10.1. The summed E-state index contributed by atoms with van der Waals surface area (Å²) < 4.78 is 45.0. The predicted octanol–water partition coefficient (Wildman–Crippen LogP) is 5.09. The zero-order valence-electron chi connectivity index (χ0n) is 21.8. The number of rotatable bonds is 6. The van der Waals surface area contributed by atoms with Crippen molar-refractivity contribution in [2.45, 2.75) is 45.1 Å². The fourth-order valence-corrected chi connectivity index (χ4v) is 4.60. The number of carbonyl (C=O) groups excluding carboxylic acids is 1. The first-order valence-electron chi connectivity index (χ1n) is 12.8. The number of aliphatic imine (C=N–C) groups is 1. The Balaban J connectivity index is 0.000000192. The molecule has 39 heavy (non-hydrogen) atoms. The zero-order chi connectivity index (χ0) is 27.8. The second-order valence-electron chi connectivity index (χ2n) is 9.41. The molecule has 2 aliphatic rings. The summed E-state index contributed by atoms with van der Waals surface area (Å²) in [5.74, 6) is 0. The van der Waals surface area contributed by atoms with Gasteiger partial charge in [-0.25, -0.2) is 0 Å². The molecule has 0 bridgehead atoms. The molecule has 10 heteroatoms. The minimum atomic E-state index is -4.36. The first-order chi connectivity index (χ1) is 18.8. The molecule has 0 aliphatic carbocycles. The van der Waals surface area contributed by atoms with Crippen LogP contribution in [0, 0.1) is 6.92 Å². The molecule has 0 saturated carbocycles. The van der Waals surface area contributed by atoms with Crippen molar-refractivity contribution in [2.75, 3.05) is 19.7 Å². The summed E-state index contributed by atoms with van der Waals surface area (Å²) in [5.41, 5.74) is 10.7.